The molecule has 0 radical (unpaired) electrons. The van der Waals surface area contributed by atoms with Crippen molar-refractivity contribution in [3.8, 4) is 5.75 Å². The first-order chi connectivity index (χ1) is 8.80. The fourth-order valence-corrected chi connectivity index (χ4v) is 1.64. The Bertz CT molecular complexity index is 403. The van der Waals surface area contributed by atoms with Crippen LogP contribution in [0.5, 0.6) is 5.75 Å². The van der Waals surface area contributed by atoms with Crippen LogP contribution in [-0.2, 0) is 20.7 Å². The summed E-state index contributed by atoms with van der Waals surface area (Å²) in [6.07, 6.45) is -0.0631. The lowest BCUT2D eigenvalue weighted by Gasteiger charge is -2.27. The number of rotatable bonds is 5. The van der Waals surface area contributed by atoms with Crippen LogP contribution in [0, 0.1) is 0 Å². The molecule has 0 saturated heterocycles. The number of ether oxygens (including phenoxy) is 3. The van der Waals surface area contributed by atoms with Crippen molar-refractivity contribution in [2.75, 3.05) is 7.11 Å². The summed E-state index contributed by atoms with van der Waals surface area (Å²) in [5.41, 5.74) is 0.656. The summed E-state index contributed by atoms with van der Waals surface area (Å²) in [5.74, 6) is 0.451. The molecule has 0 heterocycles. The molecular weight excluding hydrogens is 244 g/mol. The number of hydrogen-bond donors (Lipinski definition) is 0. The predicted octanol–water partition coefficient (Wildman–Crippen LogP) is 2.94. The van der Waals surface area contributed by atoms with Gasteiger partial charge in [0.2, 0.25) is 6.29 Å². The fraction of sp³-hybridized carbons (Fsp3) is 0.533. The Kier molecular flexibility index (Phi) is 5.36. The van der Waals surface area contributed by atoms with E-state index < -0.39 is 6.29 Å². The Hall–Kier alpha value is -1.55. The minimum Gasteiger partial charge on any atom is -0.497 e. The van der Waals surface area contributed by atoms with Gasteiger partial charge in [-0.25, -0.2) is 0 Å². The van der Waals surface area contributed by atoms with Crippen LogP contribution in [0.25, 0.3) is 0 Å². The molecule has 0 saturated carbocycles. The molecule has 0 aliphatic heterocycles. The molecule has 1 aromatic carbocycles. The smallest absolute Gasteiger partial charge is 0.304 e. The van der Waals surface area contributed by atoms with Crippen molar-refractivity contribution in [2.45, 2.75) is 46.0 Å². The second-order valence-electron chi connectivity index (χ2n) is 5.32. The third-order valence-corrected chi connectivity index (χ3v) is 2.34. The maximum absolute atomic E-state index is 11.1. The van der Waals surface area contributed by atoms with Crippen molar-refractivity contribution in [2.24, 2.45) is 0 Å². The van der Waals surface area contributed by atoms with Gasteiger partial charge in [0.1, 0.15) is 5.75 Å². The van der Waals surface area contributed by atoms with E-state index in [1.807, 2.05) is 45.0 Å². The van der Waals surface area contributed by atoms with E-state index in [0.29, 0.717) is 6.42 Å². The Morgan fingerprint density at radius 2 is 1.79 bits per heavy atom. The van der Waals surface area contributed by atoms with Gasteiger partial charge in [-0.3, -0.25) is 4.79 Å². The Morgan fingerprint density at radius 1 is 1.21 bits per heavy atom. The lowest BCUT2D eigenvalue weighted by atomic mass is 10.1. The number of carbonyl (C=O) groups is 1. The second kappa shape index (κ2) is 6.57. The van der Waals surface area contributed by atoms with Gasteiger partial charge in [-0.2, -0.15) is 0 Å². The average Bonchev–Trinajstić information content (AvgIpc) is 2.26. The van der Waals surface area contributed by atoms with Crippen LogP contribution in [0.1, 0.15) is 33.3 Å². The van der Waals surface area contributed by atoms with E-state index in [0.717, 1.165) is 11.3 Å². The Morgan fingerprint density at radius 3 is 2.21 bits per heavy atom. The van der Waals surface area contributed by atoms with Gasteiger partial charge >= 0.3 is 5.97 Å². The van der Waals surface area contributed by atoms with Gasteiger partial charge in [-0.05, 0) is 38.5 Å². The normalized spacial score (nSPS) is 12.9. The summed E-state index contributed by atoms with van der Waals surface area (Å²) in [4.78, 5) is 11.1. The third-order valence-electron chi connectivity index (χ3n) is 2.34. The average molecular weight is 266 g/mol. The van der Waals surface area contributed by atoms with Gasteiger partial charge in [0.15, 0.2) is 0 Å². The molecule has 19 heavy (non-hydrogen) atoms. The van der Waals surface area contributed by atoms with Crippen molar-refractivity contribution in [3.05, 3.63) is 29.8 Å². The van der Waals surface area contributed by atoms with Crippen LogP contribution < -0.4 is 4.74 Å². The molecule has 1 aromatic rings. The number of esters is 1. The lowest BCUT2D eigenvalue weighted by molar-refractivity contribution is -0.200. The number of methoxy groups -OCH3 is 1. The maximum atomic E-state index is 11.1. The zero-order valence-corrected chi connectivity index (χ0v) is 12.2. The summed E-state index contributed by atoms with van der Waals surface area (Å²) in [6, 6.07) is 7.61. The molecule has 0 spiro atoms. The van der Waals surface area contributed by atoms with Gasteiger partial charge < -0.3 is 14.2 Å². The molecule has 0 aliphatic carbocycles. The van der Waals surface area contributed by atoms with Gasteiger partial charge in [-0.15, -0.1) is 0 Å². The van der Waals surface area contributed by atoms with Crippen LogP contribution in [0.4, 0.5) is 0 Å². The zero-order chi connectivity index (χ0) is 14.5. The highest BCUT2D eigenvalue weighted by atomic mass is 16.7. The second-order valence-corrected chi connectivity index (χ2v) is 5.32. The summed E-state index contributed by atoms with van der Waals surface area (Å²) in [5, 5.41) is 0. The highest BCUT2D eigenvalue weighted by molar-refractivity contribution is 5.66. The largest absolute Gasteiger partial charge is 0.497 e. The summed E-state index contributed by atoms with van der Waals surface area (Å²) in [7, 11) is 1.62. The molecule has 106 valence electrons. The van der Waals surface area contributed by atoms with Crippen LogP contribution in [0.15, 0.2) is 24.3 Å². The van der Waals surface area contributed by atoms with Gasteiger partial charge in [0, 0.05) is 13.3 Å². The predicted molar refractivity (Wildman–Crippen MR) is 73.1 cm³/mol. The third kappa shape index (κ3) is 6.25. The first kappa shape index (κ1) is 15.5. The SMILES string of the molecule is COc1ccc(CC(OC(C)=O)OC(C)(C)C)cc1. The molecule has 1 atom stereocenters. The van der Waals surface area contributed by atoms with Crippen LogP contribution in [0.3, 0.4) is 0 Å². The van der Waals surface area contributed by atoms with Crippen molar-refractivity contribution in [3.63, 3.8) is 0 Å². The molecule has 0 aromatic heterocycles. The van der Waals surface area contributed by atoms with Crippen molar-refractivity contribution in [1.82, 2.24) is 0 Å². The molecule has 4 nitrogen and oxygen atoms in total. The standard InChI is InChI=1S/C15H22O4/c1-11(16)18-14(19-15(2,3)4)10-12-6-8-13(17-5)9-7-12/h6-9,14H,10H2,1-5H3. The van der Waals surface area contributed by atoms with E-state index in [-0.39, 0.29) is 11.6 Å². The molecule has 0 N–H and O–H groups in total. The molecular formula is C15H22O4. The first-order valence-corrected chi connectivity index (χ1v) is 6.28. The number of benzene rings is 1. The van der Waals surface area contributed by atoms with Crippen molar-refractivity contribution >= 4 is 5.97 Å². The van der Waals surface area contributed by atoms with E-state index in [9.17, 15) is 4.79 Å². The topological polar surface area (TPSA) is 44.8 Å². The van der Waals surface area contributed by atoms with E-state index >= 15 is 0 Å². The van der Waals surface area contributed by atoms with Crippen LogP contribution in [0.2, 0.25) is 0 Å². The monoisotopic (exact) mass is 266 g/mol. The molecule has 0 aliphatic rings. The lowest BCUT2D eigenvalue weighted by Crippen LogP contribution is -2.32. The highest BCUT2D eigenvalue weighted by Gasteiger charge is 2.21. The Labute approximate surface area is 114 Å². The molecule has 1 unspecified atom stereocenters. The zero-order valence-electron chi connectivity index (χ0n) is 12.2. The van der Waals surface area contributed by atoms with E-state index in [4.69, 9.17) is 14.2 Å². The van der Waals surface area contributed by atoms with E-state index in [1.165, 1.54) is 6.92 Å². The van der Waals surface area contributed by atoms with Gasteiger partial charge in [0.25, 0.3) is 0 Å². The minimum atomic E-state index is -0.578. The molecule has 0 amide bonds. The summed E-state index contributed by atoms with van der Waals surface area (Å²) in [6.45, 7) is 7.17. The Balaban J connectivity index is 2.72. The van der Waals surface area contributed by atoms with E-state index in [2.05, 4.69) is 0 Å². The fourth-order valence-electron chi connectivity index (χ4n) is 1.64. The van der Waals surface area contributed by atoms with Gasteiger partial charge in [-0.1, -0.05) is 12.1 Å². The summed E-state index contributed by atoms with van der Waals surface area (Å²) >= 11 is 0. The highest BCUT2D eigenvalue weighted by Crippen LogP contribution is 2.18. The molecule has 0 fully saturated rings. The minimum absolute atomic E-state index is 0.345. The van der Waals surface area contributed by atoms with Gasteiger partial charge in [0.05, 0.1) is 12.7 Å². The van der Waals surface area contributed by atoms with Crippen molar-refractivity contribution < 1.29 is 19.0 Å². The number of hydrogen-bond acceptors (Lipinski definition) is 4. The van der Waals surface area contributed by atoms with E-state index in [1.54, 1.807) is 7.11 Å². The molecule has 0 bridgehead atoms. The molecule has 1 rings (SSSR count). The number of carbonyl (C=O) groups excluding carboxylic acids is 1. The maximum Gasteiger partial charge on any atom is 0.304 e. The van der Waals surface area contributed by atoms with Crippen LogP contribution in [-0.4, -0.2) is 25.0 Å². The quantitative estimate of drug-likeness (QED) is 0.607. The molecule has 4 heteroatoms. The van der Waals surface area contributed by atoms with Crippen molar-refractivity contribution in [1.29, 1.82) is 0 Å². The summed E-state index contributed by atoms with van der Waals surface area (Å²) < 4.78 is 16.0. The van der Waals surface area contributed by atoms with Crippen LogP contribution >= 0.6 is 0 Å². The first-order valence-electron chi connectivity index (χ1n) is 6.28.